The highest BCUT2D eigenvalue weighted by molar-refractivity contribution is 6.31. The summed E-state index contributed by atoms with van der Waals surface area (Å²) >= 11 is 5.88. The maximum atomic E-state index is 12.4. The summed E-state index contributed by atoms with van der Waals surface area (Å²) in [4.78, 5) is 12.4. The Morgan fingerprint density at radius 3 is 2.58 bits per heavy atom. The summed E-state index contributed by atoms with van der Waals surface area (Å²) in [6.45, 7) is 1.87. The third-order valence-electron chi connectivity index (χ3n) is 2.94. The molecule has 0 bridgehead atoms. The number of benzene rings is 2. The average molecular weight is 276 g/mol. The van der Waals surface area contributed by atoms with E-state index in [0.29, 0.717) is 27.6 Å². The first kappa shape index (κ1) is 13.4. The van der Waals surface area contributed by atoms with Crippen molar-refractivity contribution in [1.29, 1.82) is 0 Å². The molecular formula is C15H14ClNO2. The van der Waals surface area contributed by atoms with Gasteiger partial charge in [-0.1, -0.05) is 11.6 Å². The van der Waals surface area contributed by atoms with Crippen LogP contribution in [0.1, 0.15) is 21.5 Å². The molecule has 0 amide bonds. The Morgan fingerprint density at radius 1 is 1.21 bits per heavy atom. The number of ketones is 1. The number of halogens is 1. The molecule has 0 unspecified atom stereocenters. The molecule has 0 heterocycles. The topological polar surface area (TPSA) is 52.3 Å². The second-order valence-electron chi connectivity index (χ2n) is 4.25. The normalized spacial score (nSPS) is 10.3. The average Bonchev–Trinajstić information content (AvgIpc) is 2.41. The Hall–Kier alpha value is -2.00. The lowest BCUT2D eigenvalue weighted by Gasteiger charge is -2.09. The van der Waals surface area contributed by atoms with Crippen LogP contribution in [0.25, 0.3) is 0 Å². The van der Waals surface area contributed by atoms with Crippen molar-refractivity contribution in [3.05, 3.63) is 58.1 Å². The predicted molar refractivity (Wildman–Crippen MR) is 77.0 cm³/mol. The molecule has 0 saturated heterocycles. The highest BCUT2D eigenvalue weighted by Crippen LogP contribution is 2.26. The zero-order valence-electron chi connectivity index (χ0n) is 10.7. The van der Waals surface area contributed by atoms with E-state index < -0.39 is 0 Å². The Balaban J connectivity index is 2.46. The van der Waals surface area contributed by atoms with E-state index >= 15 is 0 Å². The van der Waals surface area contributed by atoms with Crippen LogP contribution in [-0.2, 0) is 0 Å². The summed E-state index contributed by atoms with van der Waals surface area (Å²) in [6.07, 6.45) is 0. The number of nitrogens with two attached hydrogens (primary N) is 1. The highest BCUT2D eigenvalue weighted by Gasteiger charge is 2.15. The first-order chi connectivity index (χ1) is 9.02. The van der Waals surface area contributed by atoms with Gasteiger partial charge in [0.25, 0.3) is 0 Å². The molecule has 2 aromatic rings. The number of anilines is 1. The van der Waals surface area contributed by atoms with Crippen LogP contribution < -0.4 is 10.5 Å². The molecule has 0 aliphatic heterocycles. The third-order valence-corrected chi connectivity index (χ3v) is 3.18. The van der Waals surface area contributed by atoms with E-state index in [-0.39, 0.29) is 5.78 Å². The number of methoxy groups -OCH3 is 1. The van der Waals surface area contributed by atoms with Crippen LogP contribution in [0.4, 0.5) is 5.69 Å². The van der Waals surface area contributed by atoms with Crippen LogP contribution in [0.15, 0.2) is 36.4 Å². The standard InChI is InChI=1S/C15H14ClNO2/c1-9-7-10(3-6-13(9)17)15(18)12-5-4-11(16)8-14(12)19-2/h3-8H,17H2,1-2H3. The first-order valence-corrected chi connectivity index (χ1v) is 6.15. The summed E-state index contributed by atoms with van der Waals surface area (Å²) in [6, 6.07) is 10.2. The minimum atomic E-state index is -0.114. The number of rotatable bonds is 3. The van der Waals surface area contributed by atoms with Gasteiger partial charge in [0, 0.05) is 16.3 Å². The predicted octanol–water partition coefficient (Wildman–Crippen LogP) is 3.47. The second kappa shape index (κ2) is 5.33. The van der Waals surface area contributed by atoms with Crippen molar-refractivity contribution in [3.63, 3.8) is 0 Å². The van der Waals surface area contributed by atoms with Gasteiger partial charge in [-0.15, -0.1) is 0 Å². The molecule has 0 aromatic heterocycles. The van der Waals surface area contributed by atoms with Crippen molar-refractivity contribution in [2.24, 2.45) is 0 Å². The van der Waals surface area contributed by atoms with E-state index in [2.05, 4.69) is 0 Å². The molecule has 4 heteroatoms. The number of ether oxygens (including phenoxy) is 1. The van der Waals surface area contributed by atoms with Crippen molar-refractivity contribution in [2.75, 3.05) is 12.8 Å². The summed E-state index contributed by atoms with van der Waals surface area (Å²) in [5, 5.41) is 0.530. The molecule has 3 nitrogen and oxygen atoms in total. The lowest BCUT2D eigenvalue weighted by molar-refractivity contribution is 0.103. The first-order valence-electron chi connectivity index (χ1n) is 5.77. The Kier molecular flexibility index (Phi) is 3.76. The van der Waals surface area contributed by atoms with Gasteiger partial charge in [-0.3, -0.25) is 4.79 Å². The van der Waals surface area contributed by atoms with E-state index in [0.717, 1.165) is 5.56 Å². The van der Waals surface area contributed by atoms with E-state index in [1.807, 2.05) is 6.92 Å². The smallest absolute Gasteiger partial charge is 0.196 e. The fraction of sp³-hybridized carbons (Fsp3) is 0.133. The molecular weight excluding hydrogens is 262 g/mol. The molecule has 19 heavy (non-hydrogen) atoms. The molecule has 0 saturated carbocycles. The van der Waals surface area contributed by atoms with Crippen LogP contribution in [0.2, 0.25) is 5.02 Å². The fourth-order valence-electron chi connectivity index (χ4n) is 1.83. The molecule has 2 aromatic carbocycles. The third kappa shape index (κ3) is 2.71. The van der Waals surface area contributed by atoms with E-state index in [4.69, 9.17) is 22.1 Å². The fourth-order valence-corrected chi connectivity index (χ4v) is 1.99. The second-order valence-corrected chi connectivity index (χ2v) is 4.68. The van der Waals surface area contributed by atoms with E-state index in [9.17, 15) is 4.79 Å². The van der Waals surface area contributed by atoms with Gasteiger partial charge in [0.15, 0.2) is 5.78 Å². The minimum Gasteiger partial charge on any atom is -0.496 e. The molecule has 2 N–H and O–H groups in total. The Bertz CT molecular complexity index is 638. The maximum Gasteiger partial charge on any atom is 0.196 e. The van der Waals surface area contributed by atoms with Crippen LogP contribution in [0, 0.1) is 6.92 Å². The van der Waals surface area contributed by atoms with Crippen LogP contribution in [0.5, 0.6) is 5.75 Å². The monoisotopic (exact) mass is 275 g/mol. The zero-order chi connectivity index (χ0) is 14.0. The lowest BCUT2D eigenvalue weighted by atomic mass is 10.00. The van der Waals surface area contributed by atoms with Gasteiger partial charge in [-0.05, 0) is 48.9 Å². The lowest BCUT2D eigenvalue weighted by Crippen LogP contribution is -2.05. The Morgan fingerprint density at radius 2 is 1.95 bits per heavy atom. The molecule has 98 valence electrons. The summed E-state index contributed by atoms with van der Waals surface area (Å²) in [5.74, 6) is 0.351. The number of hydrogen-bond acceptors (Lipinski definition) is 3. The van der Waals surface area contributed by atoms with Crippen LogP contribution in [-0.4, -0.2) is 12.9 Å². The van der Waals surface area contributed by atoms with Crippen molar-refractivity contribution in [3.8, 4) is 5.75 Å². The number of aryl methyl sites for hydroxylation is 1. The molecule has 0 aliphatic rings. The summed E-state index contributed by atoms with van der Waals surface area (Å²) in [7, 11) is 1.51. The SMILES string of the molecule is COc1cc(Cl)ccc1C(=O)c1ccc(N)c(C)c1. The van der Waals surface area contributed by atoms with Crippen molar-refractivity contribution in [1.82, 2.24) is 0 Å². The quantitative estimate of drug-likeness (QED) is 0.689. The molecule has 0 aliphatic carbocycles. The van der Waals surface area contributed by atoms with Crippen molar-refractivity contribution < 1.29 is 9.53 Å². The van der Waals surface area contributed by atoms with Gasteiger partial charge in [-0.2, -0.15) is 0 Å². The van der Waals surface area contributed by atoms with Gasteiger partial charge >= 0.3 is 0 Å². The number of nitrogen functional groups attached to an aromatic ring is 1. The molecule has 0 atom stereocenters. The highest BCUT2D eigenvalue weighted by atomic mass is 35.5. The minimum absolute atomic E-state index is 0.114. The number of carbonyl (C=O) groups excluding carboxylic acids is 1. The van der Waals surface area contributed by atoms with Gasteiger partial charge in [0.05, 0.1) is 12.7 Å². The number of carbonyl (C=O) groups is 1. The van der Waals surface area contributed by atoms with Gasteiger partial charge in [0.2, 0.25) is 0 Å². The maximum absolute atomic E-state index is 12.4. The molecule has 0 fully saturated rings. The number of hydrogen-bond donors (Lipinski definition) is 1. The van der Waals surface area contributed by atoms with Crippen LogP contribution >= 0.6 is 11.6 Å². The van der Waals surface area contributed by atoms with Gasteiger partial charge < -0.3 is 10.5 Å². The molecule has 2 rings (SSSR count). The van der Waals surface area contributed by atoms with E-state index in [1.54, 1.807) is 36.4 Å². The summed E-state index contributed by atoms with van der Waals surface area (Å²) < 4.78 is 5.19. The van der Waals surface area contributed by atoms with Crippen molar-refractivity contribution in [2.45, 2.75) is 6.92 Å². The molecule has 0 radical (unpaired) electrons. The van der Waals surface area contributed by atoms with Gasteiger partial charge in [-0.25, -0.2) is 0 Å². The summed E-state index contributed by atoms with van der Waals surface area (Å²) in [5.41, 5.74) is 8.35. The van der Waals surface area contributed by atoms with Gasteiger partial charge in [0.1, 0.15) is 5.75 Å². The Labute approximate surface area is 117 Å². The largest absolute Gasteiger partial charge is 0.496 e. The van der Waals surface area contributed by atoms with Crippen molar-refractivity contribution >= 4 is 23.1 Å². The van der Waals surface area contributed by atoms with E-state index in [1.165, 1.54) is 7.11 Å². The zero-order valence-corrected chi connectivity index (χ0v) is 11.5. The van der Waals surface area contributed by atoms with Crippen LogP contribution in [0.3, 0.4) is 0 Å². The molecule has 0 spiro atoms.